The average Bonchev–Trinajstić information content (AvgIpc) is 2.39. The molecule has 92 valence electrons. The summed E-state index contributed by atoms with van der Waals surface area (Å²) in [7, 11) is 2.17. The first-order valence-corrected chi connectivity index (χ1v) is 6.52. The van der Waals surface area contributed by atoms with Crippen molar-refractivity contribution in [1.82, 2.24) is 0 Å². The zero-order valence-electron chi connectivity index (χ0n) is 10.8. The van der Waals surface area contributed by atoms with Gasteiger partial charge in [-0.25, -0.2) is 0 Å². The summed E-state index contributed by atoms with van der Waals surface area (Å²) in [6.07, 6.45) is 6.67. The number of carbonyl (C=O) groups excluding carboxylic acids is 1. The topological polar surface area (TPSA) is 20.3 Å². The minimum Gasteiger partial charge on any atom is -0.372 e. The van der Waals surface area contributed by atoms with Crippen LogP contribution in [-0.2, 0) is 0 Å². The molecule has 0 N–H and O–H groups in total. The minimum atomic E-state index is 0.136. The summed E-state index contributed by atoms with van der Waals surface area (Å²) in [6.45, 7) is 1.61. The Balaban J connectivity index is 2.07. The van der Waals surface area contributed by atoms with Crippen molar-refractivity contribution in [2.45, 2.75) is 45.1 Å². The lowest BCUT2D eigenvalue weighted by Gasteiger charge is -2.33. The molecule has 1 aliphatic rings. The molecular weight excluding hydrogens is 210 g/mol. The first-order valence-electron chi connectivity index (χ1n) is 6.52. The van der Waals surface area contributed by atoms with Gasteiger partial charge in [-0.3, -0.25) is 4.79 Å². The van der Waals surface area contributed by atoms with Crippen LogP contribution in [0.2, 0.25) is 0 Å². The largest absolute Gasteiger partial charge is 0.372 e. The molecule has 0 saturated heterocycles. The third kappa shape index (κ3) is 2.87. The number of Topliss-reactive ketones (excluding diaryl/α,β-unsaturated/α-hetero) is 1. The number of ketones is 1. The first kappa shape index (κ1) is 12.2. The van der Waals surface area contributed by atoms with Crippen LogP contribution in [0.4, 0.5) is 5.69 Å². The van der Waals surface area contributed by atoms with Crippen molar-refractivity contribution >= 4 is 11.5 Å². The molecule has 0 heterocycles. The maximum atomic E-state index is 11.2. The monoisotopic (exact) mass is 231 g/mol. The molecule has 0 spiro atoms. The number of benzene rings is 1. The molecule has 2 heteroatoms. The fourth-order valence-electron chi connectivity index (χ4n) is 2.61. The summed E-state index contributed by atoms with van der Waals surface area (Å²) >= 11 is 0. The molecule has 17 heavy (non-hydrogen) atoms. The molecule has 0 unspecified atom stereocenters. The maximum Gasteiger partial charge on any atom is 0.159 e. The van der Waals surface area contributed by atoms with E-state index in [1.165, 1.54) is 37.8 Å². The summed E-state index contributed by atoms with van der Waals surface area (Å²) < 4.78 is 0. The van der Waals surface area contributed by atoms with Crippen molar-refractivity contribution in [1.29, 1.82) is 0 Å². The molecular formula is C15H21NO. The van der Waals surface area contributed by atoms with E-state index in [1.54, 1.807) is 6.92 Å². The molecule has 1 fully saturated rings. The molecule has 0 atom stereocenters. The van der Waals surface area contributed by atoms with Crippen molar-refractivity contribution in [3.05, 3.63) is 29.8 Å². The smallest absolute Gasteiger partial charge is 0.159 e. The highest BCUT2D eigenvalue weighted by Gasteiger charge is 2.18. The van der Waals surface area contributed by atoms with E-state index in [0.29, 0.717) is 6.04 Å². The highest BCUT2D eigenvalue weighted by atomic mass is 16.1. The van der Waals surface area contributed by atoms with E-state index >= 15 is 0 Å². The third-order valence-electron chi connectivity index (χ3n) is 3.80. The van der Waals surface area contributed by atoms with E-state index in [2.05, 4.69) is 24.1 Å². The van der Waals surface area contributed by atoms with Crippen molar-refractivity contribution in [3.8, 4) is 0 Å². The predicted molar refractivity (Wildman–Crippen MR) is 71.7 cm³/mol. The number of rotatable bonds is 3. The van der Waals surface area contributed by atoms with E-state index in [4.69, 9.17) is 0 Å². The van der Waals surface area contributed by atoms with E-state index in [-0.39, 0.29) is 5.78 Å². The van der Waals surface area contributed by atoms with Crippen molar-refractivity contribution in [2.24, 2.45) is 0 Å². The number of hydrogen-bond acceptors (Lipinski definition) is 2. The Morgan fingerprint density at radius 2 is 1.71 bits per heavy atom. The number of hydrogen-bond donors (Lipinski definition) is 0. The van der Waals surface area contributed by atoms with E-state index < -0.39 is 0 Å². The minimum absolute atomic E-state index is 0.136. The zero-order chi connectivity index (χ0) is 12.3. The van der Waals surface area contributed by atoms with Gasteiger partial charge in [0.2, 0.25) is 0 Å². The van der Waals surface area contributed by atoms with Crippen molar-refractivity contribution < 1.29 is 4.79 Å². The molecule has 0 bridgehead atoms. The molecule has 1 saturated carbocycles. The third-order valence-corrected chi connectivity index (χ3v) is 3.80. The molecule has 0 amide bonds. The second kappa shape index (κ2) is 5.35. The summed E-state index contributed by atoms with van der Waals surface area (Å²) in [5.74, 6) is 0.136. The highest BCUT2D eigenvalue weighted by Crippen LogP contribution is 2.26. The summed E-state index contributed by atoms with van der Waals surface area (Å²) in [6, 6.07) is 8.65. The summed E-state index contributed by atoms with van der Waals surface area (Å²) in [5.41, 5.74) is 2.02. The molecule has 2 nitrogen and oxygen atoms in total. The van der Waals surface area contributed by atoms with Gasteiger partial charge in [-0.2, -0.15) is 0 Å². The van der Waals surface area contributed by atoms with Gasteiger partial charge in [-0.1, -0.05) is 19.3 Å². The normalized spacial score (nSPS) is 16.8. The molecule has 1 aliphatic carbocycles. The fourth-order valence-corrected chi connectivity index (χ4v) is 2.61. The second-order valence-electron chi connectivity index (χ2n) is 5.01. The van der Waals surface area contributed by atoms with Gasteiger partial charge in [0.1, 0.15) is 0 Å². The molecule has 1 aromatic rings. The van der Waals surface area contributed by atoms with Gasteiger partial charge in [0, 0.05) is 24.3 Å². The molecule has 0 radical (unpaired) electrons. The quantitative estimate of drug-likeness (QED) is 0.740. The Morgan fingerprint density at radius 1 is 1.12 bits per heavy atom. The zero-order valence-corrected chi connectivity index (χ0v) is 10.8. The van der Waals surface area contributed by atoms with E-state index in [9.17, 15) is 4.79 Å². The average molecular weight is 231 g/mol. The van der Waals surface area contributed by atoms with Crippen molar-refractivity contribution in [2.75, 3.05) is 11.9 Å². The first-order chi connectivity index (χ1) is 8.18. The lowest BCUT2D eigenvalue weighted by molar-refractivity contribution is 0.101. The standard InChI is InChI=1S/C15H21NO/c1-12(17)13-8-10-15(11-9-13)16(2)14-6-4-3-5-7-14/h8-11,14H,3-7H2,1-2H3. The van der Waals surface area contributed by atoms with Crippen LogP contribution in [0, 0.1) is 0 Å². The fraction of sp³-hybridized carbons (Fsp3) is 0.533. The number of anilines is 1. The van der Waals surface area contributed by atoms with Gasteiger partial charge in [-0.05, 0) is 44.0 Å². The van der Waals surface area contributed by atoms with Gasteiger partial charge in [0.05, 0.1) is 0 Å². The second-order valence-corrected chi connectivity index (χ2v) is 5.01. The summed E-state index contributed by atoms with van der Waals surface area (Å²) in [4.78, 5) is 13.6. The lowest BCUT2D eigenvalue weighted by atomic mass is 9.94. The maximum absolute atomic E-state index is 11.2. The molecule has 2 rings (SSSR count). The van der Waals surface area contributed by atoms with Crippen LogP contribution in [0.15, 0.2) is 24.3 Å². The molecule has 0 aliphatic heterocycles. The number of nitrogens with zero attached hydrogens (tertiary/aromatic N) is 1. The Kier molecular flexibility index (Phi) is 3.82. The van der Waals surface area contributed by atoms with Crippen LogP contribution in [0.1, 0.15) is 49.4 Å². The predicted octanol–water partition coefficient (Wildman–Crippen LogP) is 3.66. The van der Waals surface area contributed by atoms with Crippen molar-refractivity contribution in [3.63, 3.8) is 0 Å². The Bertz CT molecular complexity index is 376. The van der Waals surface area contributed by atoms with E-state index in [0.717, 1.165) is 5.56 Å². The van der Waals surface area contributed by atoms with Crippen LogP contribution in [0.3, 0.4) is 0 Å². The highest BCUT2D eigenvalue weighted by molar-refractivity contribution is 5.94. The van der Waals surface area contributed by atoms with Gasteiger partial charge in [-0.15, -0.1) is 0 Å². The van der Waals surface area contributed by atoms with Crippen LogP contribution in [-0.4, -0.2) is 18.9 Å². The summed E-state index contributed by atoms with van der Waals surface area (Å²) in [5, 5.41) is 0. The van der Waals surface area contributed by atoms with Crippen LogP contribution >= 0.6 is 0 Å². The van der Waals surface area contributed by atoms with Crippen LogP contribution < -0.4 is 4.90 Å². The molecule has 1 aromatic carbocycles. The SMILES string of the molecule is CC(=O)c1ccc(N(C)C2CCCCC2)cc1. The molecule has 0 aromatic heterocycles. The Labute approximate surface area is 104 Å². The van der Waals surface area contributed by atoms with Gasteiger partial charge in [0.15, 0.2) is 5.78 Å². The van der Waals surface area contributed by atoms with Gasteiger partial charge in [0.25, 0.3) is 0 Å². The lowest BCUT2D eigenvalue weighted by Crippen LogP contribution is -2.33. The van der Waals surface area contributed by atoms with Gasteiger partial charge < -0.3 is 4.90 Å². The Morgan fingerprint density at radius 3 is 2.24 bits per heavy atom. The van der Waals surface area contributed by atoms with Crippen LogP contribution in [0.25, 0.3) is 0 Å². The van der Waals surface area contributed by atoms with Crippen LogP contribution in [0.5, 0.6) is 0 Å². The van der Waals surface area contributed by atoms with Gasteiger partial charge >= 0.3 is 0 Å². The Hall–Kier alpha value is -1.31. The van der Waals surface area contributed by atoms with E-state index in [1.807, 2.05) is 12.1 Å². The number of carbonyl (C=O) groups is 1.